The van der Waals surface area contributed by atoms with Crippen molar-refractivity contribution in [1.82, 2.24) is 9.97 Å². The van der Waals surface area contributed by atoms with Gasteiger partial charge in [0.2, 0.25) is 6.43 Å². The van der Waals surface area contributed by atoms with Gasteiger partial charge in [0.15, 0.2) is 0 Å². The Morgan fingerprint density at radius 3 is 2.94 bits per heavy atom. The Morgan fingerprint density at radius 2 is 2.25 bits per heavy atom. The molecule has 0 radical (unpaired) electrons. The normalized spacial score (nSPS) is 21.5. The van der Waals surface area contributed by atoms with Crippen molar-refractivity contribution in [2.45, 2.75) is 19.3 Å². The molecular weight excluding hydrogens is 236 g/mol. The molecule has 0 spiro atoms. The highest BCUT2D eigenvalue weighted by atomic mass is 35.5. The van der Waals surface area contributed by atoms with Gasteiger partial charge in [-0.3, -0.25) is 0 Å². The third kappa shape index (κ3) is 2.58. The average molecular weight is 248 g/mol. The van der Waals surface area contributed by atoms with E-state index in [2.05, 4.69) is 9.97 Å². The highest BCUT2D eigenvalue weighted by molar-refractivity contribution is 6.29. The Bertz CT molecular complexity index is 362. The molecule has 0 aliphatic carbocycles. The van der Waals surface area contributed by atoms with Crippen LogP contribution >= 0.6 is 11.6 Å². The van der Waals surface area contributed by atoms with Gasteiger partial charge >= 0.3 is 0 Å². The maximum Gasteiger partial charge on any atom is 0.243 e. The minimum Gasteiger partial charge on any atom is -0.356 e. The summed E-state index contributed by atoms with van der Waals surface area (Å²) in [7, 11) is 0. The number of halogens is 3. The summed E-state index contributed by atoms with van der Waals surface area (Å²) in [5, 5.41) is 0.337. The van der Waals surface area contributed by atoms with Crippen LogP contribution in [0.4, 0.5) is 14.6 Å². The lowest BCUT2D eigenvalue weighted by atomic mass is 9.99. The Kier molecular flexibility index (Phi) is 3.53. The van der Waals surface area contributed by atoms with Crippen LogP contribution in [0.3, 0.4) is 0 Å². The van der Waals surface area contributed by atoms with E-state index in [1.165, 1.54) is 6.33 Å². The van der Waals surface area contributed by atoms with Crippen molar-refractivity contribution >= 4 is 17.4 Å². The summed E-state index contributed by atoms with van der Waals surface area (Å²) in [5.74, 6) is 0.0628. The number of aromatic nitrogens is 2. The van der Waals surface area contributed by atoms with Gasteiger partial charge in [-0.15, -0.1) is 0 Å². The van der Waals surface area contributed by atoms with E-state index in [0.717, 1.165) is 13.0 Å². The third-order valence-corrected chi connectivity index (χ3v) is 2.96. The summed E-state index contributed by atoms with van der Waals surface area (Å²) < 4.78 is 25.2. The van der Waals surface area contributed by atoms with E-state index in [9.17, 15) is 8.78 Å². The minimum absolute atomic E-state index is 0.337. The first-order valence-electron chi connectivity index (χ1n) is 5.17. The summed E-state index contributed by atoms with van der Waals surface area (Å²) in [4.78, 5) is 9.65. The van der Waals surface area contributed by atoms with Crippen molar-refractivity contribution in [3.63, 3.8) is 0 Å². The molecule has 1 aliphatic rings. The van der Waals surface area contributed by atoms with Gasteiger partial charge in [-0.25, -0.2) is 18.7 Å². The van der Waals surface area contributed by atoms with Gasteiger partial charge in [0.1, 0.15) is 17.3 Å². The molecule has 3 nitrogen and oxygen atoms in total. The number of alkyl halides is 2. The van der Waals surface area contributed by atoms with Crippen molar-refractivity contribution in [2.75, 3.05) is 18.0 Å². The molecule has 88 valence electrons. The Balaban J connectivity index is 2.09. The zero-order valence-corrected chi connectivity index (χ0v) is 9.37. The number of hydrogen-bond acceptors (Lipinski definition) is 3. The fraction of sp³-hybridized carbons (Fsp3) is 0.600. The summed E-state index contributed by atoms with van der Waals surface area (Å²) in [6.45, 7) is 1.08. The SMILES string of the molecule is FC(F)C1CCCN(c2cc(Cl)ncn2)C1. The lowest BCUT2D eigenvalue weighted by molar-refractivity contribution is 0.0686. The van der Waals surface area contributed by atoms with E-state index < -0.39 is 12.3 Å². The van der Waals surface area contributed by atoms with E-state index in [1.807, 2.05) is 4.90 Å². The molecule has 1 aromatic heterocycles. The zero-order chi connectivity index (χ0) is 11.5. The molecule has 0 N–H and O–H groups in total. The molecule has 0 bridgehead atoms. The van der Waals surface area contributed by atoms with Gasteiger partial charge in [0, 0.05) is 25.1 Å². The number of hydrogen-bond donors (Lipinski definition) is 0. The highest BCUT2D eigenvalue weighted by Gasteiger charge is 2.27. The third-order valence-electron chi connectivity index (χ3n) is 2.76. The first kappa shape index (κ1) is 11.5. The van der Waals surface area contributed by atoms with Crippen LogP contribution in [-0.2, 0) is 0 Å². The molecule has 1 fully saturated rings. The van der Waals surface area contributed by atoms with E-state index in [1.54, 1.807) is 6.07 Å². The molecule has 0 amide bonds. The van der Waals surface area contributed by atoms with Gasteiger partial charge in [-0.05, 0) is 12.8 Å². The van der Waals surface area contributed by atoms with E-state index in [4.69, 9.17) is 11.6 Å². The van der Waals surface area contributed by atoms with Crippen molar-refractivity contribution in [1.29, 1.82) is 0 Å². The molecule has 1 atom stereocenters. The van der Waals surface area contributed by atoms with Crippen LogP contribution in [0, 0.1) is 5.92 Å². The Morgan fingerprint density at radius 1 is 1.44 bits per heavy atom. The summed E-state index contributed by atoms with van der Waals surface area (Å²) >= 11 is 5.74. The van der Waals surface area contributed by atoms with Gasteiger partial charge in [0.05, 0.1) is 0 Å². The molecule has 0 aromatic carbocycles. The molecule has 1 aliphatic heterocycles. The largest absolute Gasteiger partial charge is 0.356 e. The molecule has 6 heteroatoms. The first-order chi connectivity index (χ1) is 7.66. The smallest absolute Gasteiger partial charge is 0.243 e. The molecule has 1 saturated heterocycles. The van der Waals surface area contributed by atoms with Crippen molar-refractivity contribution < 1.29 is 8.78 Å². The van der Waals surface area contributed by atoms with Crippen LogP contribution in [-0.4, -0.2) is 29.5 Å². The standard InChI is InChI=1S/C10H12ClF2N3/c11-8-4-9(15-6-14-8)16-3-1-2-7(5-16)10(12)13/h4,6-7,10H,1-3,5H2. The number of anilines is 1. The maximum atomic E-state index is 12.6. The molecular formula is C10H12ClF2N3. The van der Waals surface area contributed by atoms with Crippen molar-refractivity contribution in [2.24, 2.45) is 5.92 Å². The van der Waals surface area contributed by atoms with Gasteiger partial charge in [0.25, 0.3) is 0 Å². The number of nitrogens with zero attached hydrogens (tertiary/aromatic N) is 3. The second-order valence-electron chi connectivity index (χ2n) is 3.88. The average Bonchev–Trinajstić information content (AvgIpc) is 2.29. The molecule has 16 heavy (non-hydrogen) atoms. The Labute approximate surface area is 97.4 Å². The fourth-order valence-electron chi connectivity index (χ4n) is 1.92. The predicted octanol–water partition coefficient (Wildman–Crippen LogP) is 2.61. The lowest BCUT2D eigenvalue weighted by Crippen LogP contribution is -2.38. The van der Waals surface area contributed by atoms with Crippen molar-refractivity contribution in [3.05, 3.63) is 17.5 Å². The van der Waals surface area contributed by atoms with Gasteiger partial charge in [-0.1, -0.05) is 11.6 Å². The van der Waals surface area contributed by atoms with Crippen LogP contribution in [0.15, 0.2) is 12.4 Å². The number of rotatable bonds is 2. The molecule has 2 heterocycles. The monoisotopic (exact) mass is 247 g/mol. The molecule has 1 unspecified atom stereocenters. The summed E-state index contributed by atoms with van der Waals surface area (Å²) in [5.41, 5.74) is 0. The highest BCUT2D eigenvalue weighted by Crippen LogP contribution is 2.26. The van der Waals surface area contributed by atoms with E-state index >= 15 is 0 Å². The van der Waals surface area contributed by atoms with Crippen LogP contribution in [0.5, 0.6) is 0 Å². The van der Waals surface area contributed by atoms with E-state index in [-0.39, 0.29) is 0 Å². The zero-order valence-electron chi connectivity index (χ0n) is 8.61. The number of piperidine rings is 1. The topological polar surface area (TPSA) is 29.0 Å². The van der Waals surface area contributed by atoms with Crippen LogP contribution in [0.2, 0.25) is 5.15 Å². The molecule has 2 rings (SSSR count). The van der Waals surface area contributed by atoms with Crippen LogP contribution in [0.25, 0.3) is 0 Å². The first-order valence-corrected chi connectivity index (χ1v) is 5.55. The van der Waals surface area contributed by atoms with E-state index in [0.29, 0.717) is 23.9 Å². The predicted molar refractivity (Wildman–Crippen MR) is 58.0 cm³/mol. The second-order valence-corrected chi connectivity index (χ2v) is 4.27. The second kappa shape index (κ2) is 4.91. The maximum absolute atomic E-state index is 12.6. The lowest BCUT2D eigenvalue weighted by Gasteiger charge is -2.33. The summed E-state index contributed by atoms with van der Waals surface area (Å²) in [6.07, 6.45) is 0.424. The molecule has 0 saturated carbocycles. The van der Waals surface area contributed by atoms with Crippen LogP contribution in [0.1, 0.15) is 12.8 Å². The Hall–Kier alpha value is -0.970. The van der Waals surface area contributed by atoms with Crippen molar-refractivity contribution in [3.8, 4) is 0 Å². The van der Waals surface area contributed by atoms with Crippen LogP contribution < -0.4 is 4.90 Å². The quantitative estimate of drug-likeness (QED) is 0.753. The summed E-state index contributed by atoms with van der Waals surface area (Å²) in [6, 6.07) is 1.61. The minimum atomic E-state index is -2.26. The van der Waals surface area contributed by atoms with Gasteiger partial charge in [-0.2, -0.15) is 0 Å². The van der Waals surface area contributed by atoms with Gasteiger partial charge < -0.3 is 4.90 Å². The fourth-order valence-corrected chi connectivity index (χ4v) is 2.06. The molecule has 1 aromatic rings.